The summed E-state index contributed by atoms with van der Waals surface area (Å²) < 4.78 is 6.12. The number of carbonyl (C=O) groups excluding carboxylic acids is 2. The van der Waals surface area contributed by atoms with E-state index in [0.29, 0.717) is 22.9 Å². The lowest BCUT2D eigenvalue weighted by Crippen LogP contribution is -2.17. The van der Waals surface area contributed by atoms with Crippen molar-refractivity contribution in [2.75, 3.05) is 7.11 Å². The predicted molar refractivity (Wildman–Crippen MR) is 109 cm³/mol. The molecule has 0 saturated heterocycles. The van der Waals surface area contributed by atoms with E-state index in [4.69, 9.17) is 4.74 Å². The highest BCUT2D eigenvalue weighted by Gasteiger charge is 2.31. The fourth-order valence-electron chi connectivity index (χ4n) is 3.87. The number of esters is 1. The van der Waals surface area contributed by atoms with Crippen LogP contribution >= 0.6 is 22.6 Å². The number of hydrogen-bond acceptors (Lipinski definition) is 3. The van der Waals surface area contributed by atoms with Crippen molar-refractivity contribution in [1.82, 2.24) is 4.98 Å². The van der Waals surface area contributed by atoms with Crippen molar-refractivity contribution in [3.63, 3.8) is 0 Å². The van der Waals surface area contributed by atoms with Crippen LogP contribution in [0, 0.1) is 3.57 Å². The molecule has 1 aliphatic carbocycles. The van der Waals surface area contributed by atoms with Crippen LogP contribution in [0.1, 0.15) is 50.7 Å². The number of aromatic nitrogens is 1. The predicted octanol–water partition coefficient (Wildman–Crippen LogP) is 4.86. The van der Waals surface area contributed by atoms with Gasteiger partial charge in [0.25, 0.3) is 0 Å². The van der Waals surface area contributed by atoms with Crippen LogP contribution in [0.3, 0.4) is 0 Å². The maximum Gasteiger partial charge on any atom is 0.338 e. The third-order valence-corrected chi connectivity index (χ3v) is 5.71. The second kappa shape index (κ2) is 6.87. The zero-order valence-electron chi connectivity index (χ0n) is 14.3. The molecule has 1 aromatic heterocycles. The van der Waals surface area contributed by atoms with Crippen LogP contribution in [-0.4, -0.2) is 23.8 Å². The van der Waals surface area contributed by atoms with Crippen LogP contribution in [0.25, 0.3) is 10.9 Å². The van der Waals surface area contributed by atoms with E-state index in [9.17, 15) is 9.59 Å². The van der Waals surface area contributed by atoms with Crippen molar-refractivity contribution in [1.29, 1.82) is 0 Å². The Bertz CT molecular complexity index is 1020. The number of Topliss-reactive ketones (excluding diaryl/α,β-unsaturated/α-hetero) is 1. The minimum Gasteiger partial charge on any atom is -0.465 e. The molecule has 26 heavy (non-hydrogen) atoms. The molecule has 1 unspecified atom stereocenters. The molecular weight excluding hydrogens is 441 g/mol. The number of H-pyrrole nitrogens is 1. The molecule has 4 nitrogen and oxygen atoms in total. The molecule has 2 aromatic carbocycles. The minimum absolute atomic E-state index is 0.0986. The molecule has 1 aliphatic rings. The number of benzene rings is 2. The van der Waals surface area contributed by atoms with Crippen LogP contribution < -0.4 is 0 Å². The van der Waals surface area contributed by atoms with Crippen molar-refractivity contribution in [3.8, 4) is 0 Å². The zero-order chi connectivity index (χ0) is 18.3. The standard InChI is InChI=1S/C21H18INO3/c1-26-21(25)15-6-3-7-16-18(15)19-17(24)9-8-13(20(19)23-16)10-12-4-2-5-14(22)11-12/h2-7,11,13,23H,8-10H2,1H3. The Hall–Kier alpha value is -2.15. The molecule has 1 heterocycles. The first-order chi connectivity index (χ1) is 12.6. The highest BCUT2D eigenvalue weighted by molar-refractivity contribution is 14.1. The summed E-state index contributed by atoms with van der Waals surface area (Å²) in [4.78, 5) is 28.3. The lowest BCUT2D eigenvalue weighted by molar-refractivity contribution is 0.0603. The van der Waals surface area contributed by atoms with E-state index in [-0.39, 0.29) is 11.7 Å². The average molecular weight is 459 g/mol. The molecule has 0 bridgehead atoms. The van der Waals surface area contributed by atoms with Gasteiger partial charge in [-0.15, -0.1) is 0 Å². The smallest absolute Gasteiger partial charge is 0.338 e. The maximum absolute atomic E-state index is 12.7. The molecule has 0 radical (unpaired) electrons. The van der Waals surface area contributed by atoms with Crippen LogP contribution in [0.15, 0.2) is 42.5 Å². The van der Waals surface area contributed by atoms with E-state index >= 15 is 0 Å². The topological polar surface area (TPSA) is 59.2 Å². The normalized spacial score (nSPS) is 16.5. The Morgan fingerprint density at radius 2 is 2.08 bits per heavy atom. The van der Waals surface area contributed by atoms with Gasteiger partial charge in [0.05, 0.1) is 12.7 Å². The van der Waals surface area contributed by atoms with Gasteiger partial charge in [0.1, 0.15) is 0 Å². The van der Waals surface area contributed by atoms with Gasteiger partial charge >= 0.3 is 5.97 Å². The van der Waals surface area contributed by atoms with Crippen LogP contribution in [-0.2, 0) is 11.2 Å². The lowest BCUT2D eigenvalue weighted by atomic mass is 9.82. The lowest BCUT2D eigenvalue weighted by Gasteiger charge is -2.22. The van der Waals surface area contributed by atoms with Crippen LogP contribution in [0.2, 0.25) is 0 Å². The number of hydrogen-bond donors (Lipinski definition) is 1. The molecule has 4 rings (SSSR count). The Labute approximate surface area is 165 Å². The van der Waals surface area contributed by atoms with Gasteiger partial charge < -0.3 is 9.72 Å². The largest absolute Gasteiger partial charge is 0.465 e. The summed E-state index contributed by atoms with van der Waals surface area (Å²) >= 11 is 2.32. The van der Waals surface area contributed by atoms with Gasteiger partial charge in [0.2, 0.25) is 0 Å². The molecule has 3 aromatic rings. The van der Waals surface area contributed by atoms with E-state index in [1.807, 2.05) is 12.1 Å². The number of fused-ring (bicyclic) bond motifs is 3. The van der Waals surface area contributed by atoms with Crippen molar-refractivity contribution < 1.29 is 14.3 Å². The Morgan fingerprint density at radius 3 is 2.85 bits per heavy atom. The van der Waals surface area contributed by atoms with Crippen molar-refractivity contribution in [2.24, 2.45) is 0 Å². The van der Waals surface area contributed by atoms with Crippen LogP contribution in [0.4, 0.5) is 0 Å². The van der Waals surface area contributed by atoms with Crippen molar-refractivity contribution >= 4 is 45.2 Å². The van der Waals surface area contributed by atoms with E-state index in [2.05, 4.69) is 51.8 Å². The molecule has 132 valence electrons. The average Bonchev–Trinajstić information content (AvgIpc) is 3.04. The van der Waals surface area contributed by atoms with E-state index in [0.717, 1.165) is 24.1 Å². The fourth-order valence-corrected chi connectivity index (χ4v) is 4.48. The highest BCUT2D eigenvalue weighted by atomic mass is 127. The minimum atomic E-state index is -0.412. The van der Waals surface area contributed by atoms with E-state index in [1.165, 1.54) is 16.2 Å². The number of halogens is 1. The Morgan fingerprint density at radius 1 is 1.27 bits per heavy atom. The summed E-state index contributed by atoms with van der Waals surface area (Å²) in [5.74, 6) is -0.0785. The van der Waals surface area contributed by atoms with Crippen LogP contribution in [0.5, 0.6) is 0 Å². The fraction of sp³-hybridized carbons (Fsp3) is 0.238. The molecule has 5 heteroatoms. The number of methoxy groups -OCH3 is 1. The molecule has 0 aliphatic heterocycles. The summed E-state index contributed by atoms with van der Waals surface area (Å²) in [5, 5.41) is 0.701. The summed E-state index contributed by atoms with van der Waals surface area (Å²) in [6.07, 6.45) is 2.19. The third kappa shape index (κ3) is 2.94. The van der Waals surface area contributed by atoms with Gasteiger partial charge in [-0.25, -0.2) is 4.79 Å². The van der Waals surface area contributed by atoms with E-state index in [1.54, 1.807) is 6.07 Å². The van der Waals surface area contributed by atoms with Crippen molar-refractivity contribution in [2.45, 2.75) is 25.2 Å². The van der Waals surface area contributed by atoms with Gasteiger partial charge in [-0.3, -0.25) is 4.79 Å². The number of ether oxygens (including phenoxy) is 1. The molecule has 0 saturated carbocycles. The Kier molecular flexibility index (Phi) is 4.56. The van der Waals surface area contributed by atoms with E-state index < -0.39 is 5.97 Å². The molecule has 1 atom stereocenters. The summed E-state index contributed by atoms with van der Waals surface area (Å²) in [5.41, 5.74) is 4.15. The first kappa shape index (κ1) is 17.3. The second-order valence-electron chi connectivity index (χ2n) is 6.63. The number of nitrogens with one attached hydrogen (secondary N) is 1. The molecule has 1 N–H and O–H groups in total. The molecule has 0 spiro atoms. The maximum atomic E-state index is 12.7. The first-order valence-corrected chi connectivity index (χ1v) is 9.67. The quantitative estimate of drug-likeness (QED) is 0.450. The third-order valence-electron chi connectivity index (χ3n) is 5.04. The molecule has 0 fully saturated rings. The zero-order valence-corrected chi connectivity index (χ0v) is 16.5. The van der Waals surface area contributed by atoms with Gasteiger partial charge in [0.15, 0.2) is 5.78 Å². The summed E-state index contributed by atoms with van der Waals surface area (Å²) in [6, 6.07) is 13.9. The number of aromatic amines is 1. The Balaban J connectivity index is 1.84. The summed E-state index contributed by atoms with van der Waals surface area (Å²) in [6.45, 7) is 0. The monoisotopic (exact) mass is 459 g/mol. The second-order valence-corrected chi connectivity index (χ2v) is 7.87. The molecular formula is C21H18INO3. The first-order valence-electron chi connectivity index (χ1n) is 8.59. The SMILES string of the molecule is COC(=O)c1cccc2[nH]c3c(c12)C(=O)CCC3Cc1cccc(I)c1. The number of rotatable bonds is 3. The van der Waals surface area contributed by atoms with Crippen molar-refractivity contribution in [3.05, 3.63) is 68.4 Å². The number of carbonyl (C=O) groups is 2. The molecule has 0 amide bonds. The number of ketones is 1. The van der Waals surface area contributed by atoms with Gasteiger partial charge in [-0.2, -0.15) is 0 Å². The summed E-state index contributed by atoms with van der Waals surface area (Å²) in [7, 11) is 1.36. The van der Waals surface area contributed by atoms with Gasteiger partial charge in [-0.05, 0) is 65.3 Å². The highest BCUT2D eigenvalue weighted by Crippen LogP contribution is 2.39. The van der Waals surface area contributed by atoms with Gasteiger partial charge in [0, 0.05) is 38.1 Å². The van der Waals surface area contributed by atoms with Gasteiger partial charge in [-0.1, -0.05) is 18.2 Å².